The second-order valence-electron chi connectivity index (χ2n) is 3.78. The molecule has 0 aliphatic rings. The number of sulfonamides is 1. The van der Waals surface area contributed by atoms with Crippen LogP contribution in [-0.2, 0) is 15.8 Å². The van der Waals surface area contributed by atoms with Gasteiger partial charge in [0, 0.05) is 12.6 Å². The fourth-order valence-electron chi connectivity index (χ4n) is 1.28. The zero-order chi connectivity index (χ0) is 14.1. The number of nitriles is 1. The van der Waals surface area contributed by atoms with Gasteiger partial charge < -0.3 is 0 Å². The van der Waals surface area contributed by atoms with Crippen molar-refractivity contribution in [2.75, 3.05) is 12.5 Å². The molecule has 0 aliphatic carbocycles. The number of hydrogen-bond donors (Lipinski definition) is 2. The topological polar surface area (TPSA) is 94.3 Å². The number of benzene rings is 1. The molecule has 7 heteroatoms. The molecule has 0 saturated heterocycles. The number of nitrogens with zero attached hydrogens (tertiary/aromatic N) is 2. The summed E-state index contributed by atoms with van der Waals surface area (Å²) in [5.74, 6) is -0.0464. The number of nitrogens with one attached hydrogen (secondary N) is 2. The molecule has 19 heavy (non-hydrogen) atoms. The Labute approximate surface area is 113 Å². The second kappa shape index (κ2) is 7.51. The van der Waals surface area contributed by atoms with Gasteiger partial charge in [-0.2, -0.15) is 10.4 Å². The average Bonchev–Trinajstić information content (AvgIpc) is 2.40. The summed E-state index contributed by atoms with van der Waals surface area (Å²) < 4.78 is 25.0. The number of hydrogen-bond acceptors (Lipinski definition) is 5. The molecule has 2 N–H and O–H groups in total. The number of rotatable bonds is 7. The van der Waals surface area contributed by atoms with Crippen molar-refractivity contribution >= 4 is 21.9 Å². The fourth-order valence-corrected chi connectivity index (χ4v) is 2.06. The average molecular weight is 280 g/mol. The minimum atomic E-state index is -3.24. The molecule has 102 valence electrons. The van der Waals surface area contributed by atoms with Crippen molar-refractivity contribution in [3.8, 4) is 6.07 Å². The van der Waals surface area contributed by atoms with E-state index in [-0.39, 0.29) is 5.75 Å². The van der Waals surface area contributed by atoms with Crippen molar-refractivity contribution in [1.82, 2.24) is 4.72 Å². The van der Waals surface area contributed by atoms with E-state index in [1.54, 1.807) is 30.5 Å². The lowest BCUT2D eigenvalue weighted by Gasteiger charge is -2.04. The zero-order valence-electron chi connectivity index (χ0n) is 10.6. The first-order valence-corrected chi connectivity index (χ1v) is 7.37. The number of hydrazone groups is 1. The Hall–Kier alpha value is -1.91. The van der Waals surface area contributed by atoms with Gasteiger partial charge >= 0.3 is 0 Å². The SMILES string of the molecule is CNS(=O)(=O)Cc1ccc(NN=CCCC#N)cc1. The van der Waals surface area contributed by atoms with Gasteiger partial charge in [-0.3, -0.25) is 5.43 Å². The molecule has 0 radical (unpaired) electrons. The van der Waals surface area contributed by atoms with Crippen LogP contribution in [0.4, 0.5) is 5.69 Å². The van der Waals surface area contributed by atoms with Crippen LogP contribution in [0.2, 0.25) is 0 Å². The maximum absolute atomic E-state index is 11.3. The van der Waals surface area contributed by atoms with Crippen LogP contribution in [0.25, 0.3) is 0 Å². The highest BCUT2D eigenvalue weighted by atomic mass is 32.2. The first-order valence-electron chi connectivity index (χ1n) is 5.72. The summed E-state index contributed by atoms with van der Waals surface area (Å²) >= 11 is 0. The molecule has 0 bridgehead atoms. The van der Waals surface area contributed by atoms with E-state index in [0.717, 1.165) is 5.69 Å². The Bertz CT molecular complexity index is 558. The quantitative estimate of drug-likeness (QED) is 0.449. The number of unbranched alkanes of at least 4 members (excludes halogenated alkanes) is 1. The van der Waals surface area contributed by atoms with Crippen molar-refractivity contribution in [2.45, 2.75) is 18.6 Å². The molecule has 0 atom stereocenters. The van der Waals surface area contributed by atoms with Crippen molar-refractivity contribution in [2.24, 2.45) is 5.10 Å². The molecular weight excluding hydrogens is 264 g/mol. The van der Waals surface area contributed by atoms with Crippen LogP contribution < -0.4 is 10.1 Å². The van der Waals surface area contributed by atoms with E-state index in [4.69, 9.17) is 5.26 Å². The third-order valence-corrected chi connectivity index (χ3v) is 3.63. The predicted octanol–water partition coefficient (Wildman–Crippen LogP) is 1.44. The molecule has 0 fully saturated rings. The molecule has 0 unspecified atom stereocenters. The van der Waals surface area contributed by atoms with Crippen LogP contribution >= 0.6 is 0 Å². The molecule has 1 rings (SSSR count). The zero-order valence-corrected chi connectivity index (χ0v) is 11.4. The third kappa shape index (κ3) is 5.99. The Kier molecular flexibility index (Phi) is 5.99. The Morgan fingerprint density at radius 1 is 1.37 bits per heavy atom. The summed E-state index contributed by atoms with van der Waals surface area (Å²) in [6, 6.07) is 8.97. The molecule has 0 aromatic heterocycles. The van der Waals surface area contributed by atoms with Gasteiger partial charge in [-0.1, -0.05) is 12.1 Å². The number of anilines is 1. The molecule has 0 aliphatic heterocycles. The van der Waals surface area contributed by atoms with Gasteiger partial charge in [-0.25, -0.2) is 13.1 Å². The van der Waals surface area contributed by atoms with Gasteiger partial charge in [0.25, 0.3) is 0 Å². The van der Waals surface area contributed by atoms with E-state index in [1.165, 1.54) is 7.05 Å². The van der Waals surface area contributed by atoms with Gasteiger partial charge in [-0.15, -0.1) is 0 Å². The lowest BCUT2D eigenvalue weighted by Crippen LogP contribution is -2.20. The van der Waals surface area contributed by atoms with Crippen LogP contribution in [0.15, 0.2) is 29.4 Å². The highest BCUT2D eigenvalue weighted by Crippen LogP contribution is 2.11. The van der Waals surface area contributed by atoms with Gasteiger partial charge in [0.05, 0.1) is 17.5 Å². The molecule has 0 spiro atoms. The van der Waals surface area contributed by atoms with E-state index in [0.29, 0.717) is 18.4 Å². The van der Waals surface area contributed by atoms with E-state index in [2.05, 4.69) is 15.2 Å². The summed E-state index contributed by atoms with van der Waals surface area (Å²) in [4.78, 5) is 0. The summed E-state index contributed by atoms with van der Waals surface area (Å²) in [6.45, 7) is 0. The lowest BCUT2D eigenvalue weighted by molar-refractivity contribution is 0.587. The molecule has 0 amide bonds. The van der Waals surface area contributed by atoms with Gasteiger partial charge in [-0.05, 0) is 31.2 Å². The molecule has 1 aromatic carbocycles. The van der Waals surface area contributed by atoms with Crippen LogP contribution in [0, 0.1) is 11.3 Å². The predicted molar refractivity (Wildman–Crippen MR) is 75.1 cm³/mol. The maximum Gasteiger partial charge on any atom is 0.215 e. The monoisotopic (exact) mass is 280 g/mol. The summed E-state index contributed by atoms with van der Waals surface area (Å²) in [7, 11) is -1.85. The Morgan fingerprint density at radius 2 is 2.05 bits per heavy atom. The molecule has 0 heterocycles. The van der Waals surface area contributed by atoms with Crippen molar-refractivity contribution in [3.63, 3.8) is 0 Å². The van der Waals surface area contributed by atoms with Crippen LogP contribution in [-0.4, -0.2) is 21.7 Å². The molecule has 6 nitrogen and oxygen atoms in total. The molecule has 1 aromatic rings. The van der Waals surface area contributed by atoms with E-state index >= 15 is 0 Å². The standard InChI is InChI=1S/C12H16N4O2S/c1-14-19(17,18)10-11-4-6-12(7-5-11)16-15-9-3-2-8-13/h4-7,9,14,16H,2-3,10H2,1H3. The third-order valence-electron chi connectivity index (χ3n) is 2.29. The van der Waals surface area contributed by atoms with Gasteiger partial charge in [0.15, 0.2) is 0 Å². The molecular formula is C12H16N4O2S. The van der Waals surface area contributed by atoms with E-state index < -0.39 is 10.0 Å². The minimum Gasteiger partial charge on any atom is -0.279 e. The fraction of sp³-hybridized carbons (Fsp3) is 0.333. The first kappa shape index (κ1) is 15.1. The summed E-state index contributed by atoms with van der Waals surface area (Å²) in [6.07, 6.45) is 2.66. The first-order chi connectivity index (χ1) is 9.07. The van der Waals surface area contributed by atoms with Gasteiger partial charge in [0.2, 0.25) is 10.0 Å². The summed E-state index contributed by atoms with van der Waals surface area (Å²) in [5.41, 5.74) is 4.27. The van der Waals surface area contributed by atoms with Crippen LogP contribution in [0.1, 0.15) is 18.4 Å². The lowest BCUT2D eigenvalue weighted by atomic mass is 10.2. The van der Waals surface area contributed by atoms with E-state index in [1.807, 2.05) is 6.07 Å². The van der Waals surface area contributed by atoms with Crippen molar-refractivity contribution < 1.29 is 8.42 Å². The Balaban J connectivity index is 2.53. The highest BCUT2D eigenvalue weighted by Gasteiger charge is 2.07. The van der Waals surface area contributed by atoms with Crippen molar-refractivity contribution in [1.29, 1.82) is 5.26 Å². The van der Waals surface area contributed by atoms with Crippen LogP contribution in [0.5, 0.6) is 0 Å². The largest absolute Gasteiger partial charge is 0.279 e. The summed E-state index contributed by atoms with van der Waals surface area (Å²) in [5, 5.41) is 12.3. The molecule has 0 saturated carbocycles. The van der Waals surface area contributed by atoms with Crippen molar-refractivity contribution in [3.05, 3.63) is 29.8 Å². The highest BCUT2D eigenvalue weighted by molar-refractivity contribution is 7.88. The Morgan fingerprint density at radius 3 is 2.63 bits per heavy atom. The van der Waals surface area contributed by atoms with Crippen LogP contribution in [0.3, 0.4) is 0 Å². The maximum atomic E-state index is 11.3. The van der Waals surface area contributed by atoms with E-state index in [9.17, 15) is 8.42 Å². The smallest absolute Gasteiger partial charge is 0.215 e. The van der Waals surface area contributed by atoms with Gasteiger partial charge in [0.1, 0.15) is 0 Å². The second-order valence-corrected chi connectivity index (χ2v) is 5.71. The minimum absolute atomic E-state index is 0.0464. The normalized spacial score (nSPS) is 11.4.